The van der Waals surface area contributed by atoms with Crippen LogP contribution >= 0.6 is 0 Å². The van der Waals surface area contributed by atoms with Crippen LogP contribution in [0.5, 0.6) is 5.75 Å². The van der Waals surface area contributed by atoms with E-state index in [1.54, 1.807) is 55.3 Å². The van der Waals surface area contributed by atoms with Gasteiger partial charge in [0.15, 0.2) is 5.65 Å². The zero-order chi connectivity index (χ0) is 28.8. The lowest BCUT2D eigenvalue weighted by Gasteiger charge is -2.20. The molecule has 10 nitrogen and oxygen atoms in total. The molecule has 212 valence electrons. The van der Waals surface area contributed by atoms with Gasteiger partial charge in [0.05, 0.1) is 30.0 Å². The van der Waals surface area contributed by atoms with Gasteiger partial charge in [-0.2, -0.15) is 0 Å². The maximum absolute atomic E-state index is 13.7. The third-order valence-electron chi connectivity index (χ3n) is 6.63. The molecule has 1 atom stereocenters. The van der Waals surface area contributed by atoms with Crippen molar-refractivity contribution in [3.63, 3.8) is 0 Å². The van der Waals surface area contributed by atoms with E-state index in [-0.39, 0.29) is 17.5 Å². The Kier molecular flexibility index (Phi) is 6.94. The molecule has 1 aliphatic rings. The normalized spacial score (nSPS) is 16.5. The Morgan fingerprint density at radius 1 is 1.10 bits per heavy atom. The van der Waals surface area contributed by atoms with Crippen molar-refractivity contribution in [1.29, 1.82) is 0 Å². The van der Waals surface area contributed by atoms with E-state index in [1.165, 1.54) is 35.0 Å². The van der Waals surface area contributed by atoms with E-state index in [0.717, 1.165) is 0 Å². The van der Waals surface area contributed by atoms with Crippen molar-refractivity contribution in [1.82, 2.24) is 28.6 Å². The third-order valence-corrected chi connectivity index (χ3v) is 6.63. The molecule has 0 radical (unpaired) electrons. The van der Waals surface area contributed by atoms with E-state index >= 15 is 0 Å². The second-order valence-corrected chi connectivity index (χ2v) is 10.7. The van der Waals surface area contributed by atoms with Gasteiger partial charge in [-0.25, -0.2) is 19.6 Å². The van der Waals surface area contributed by atoms with E-state index in [9.17, 15) is 22.8 Å². The van der Waals surface area contributed by atoms with Crippen LogP contribution in [0, 0.1) is 0 Å². The molecule has 5 rings (SSSR count). The maximum atomic E-state index is 13.7. The predicted molar refractivity (Wildman–Crippen MR) is 139 cm³/mol. The summed E-state index contributed by atoms with van der Waals surface area (Å²) >= 11 is 0. The topological polar surface area (TPSA) is 96.4 Å². The van der Waals surface area contributed by atoms with E-state index in [0.29, 0.717) is 54.4 Å². The Morgan fingerprint density at radius 3 is 2.50 bits per heavy atom. The van der Waals surface area contributed by atoms with Crippen LogP contribution in [0.3, 0.4) is 0 Å². The summed E-state index contributed by atoms with van der Waals surface area (Å²) in [6.45, 7) is 7.11. The highest BCUT2D eigenvalue weighted by Crippen LogP contribution is 2.28. The molecule has 0 bridgehead atoms. The molecule has 0 N–H and O–H groups in total. The molecule has 4 heterocycles. The van der Waals surface area contributed by atoms with Crippen molar-refractivity contribution in [2.24, 2.45) is 7.05 Å². The number of carbonyl (C=O) groups is 1. The summed E-state index contributed by atoms with van der Waals surface area (Å²) in [5, 5.41) is 0. The van der Waals surface area contributed by atoms with Crippen LogP contribution in [-0.4, -0.2) is 59.6 Å². The van der Waals surface area contributed by atoms with E-state index in [2.05, 4.69) is 19.6 Å². The Balaban J connectivity index is 1.38. The van der Waals surface area contributed by atoms with Crippen molar-refractivity contribution in [2.75, 3.05) is 13.1 Å². The predicted octanol–water partition coefficient (Wildman–Crippen LogP) is 4.22. The molecule has 0 saturated carbocycles. The minimum atomic E-state index is -4.81. The van der Waals surface area contributed by atoms with Crippen LogP contribution in [0.1, 0.15) is 49.5 Å². The average Bonchev–Trinajstić information content (AvgIpc) is 3.53. The highest BCUT2D eigenvalue weighted by molar-refractivity contribution is 5.87. The number of halogens is 3. The van der Waals surface area contributed by atoms with Gasteiger partial charge >= 0.3 is 18.0 Å². The number of esters is 1. The van der Waals surface area contributed by atoms with Gasteiger partial charge in [0.25, 0.3) is 0 Å². The van der Waals surface area contributed by atoms with Crippen LogP contribution in [-0.2, 0) is 18.3 Å². The lowest BCUT2D eigenvalue weighted by Crippen LogP contribution is -2.29. The van der Waals surface area contributed by atoms with E-state index in [1.807, 2.05) is 0 Å². The van der Waals surface area contributed by atoms with Crippen molar-refractivity contribution < 1.29 is 27.4 Å². The number of benzene rings is 1. The number of carbonyl (C=O) groups excluding carboxylic acids is 1. The molecule has 3 aromatic heterocycles. The average molecular weight is 559 g/mol. The molecule has 1 saturated heterocycles. The number of pyridine rings is 1. The van der Waals surface area contributed by atoms with E-state index < -0.39 is 17.9 Å². The first-order chi connectivity index (χ1) is 18.8. The fourth-order valence-electron chi connectivity index (χ4n) is 4.91. The number of rotatable bonds is 6. The molecule has 1 fully saturated rings. The van der Waals surface area contributed by atoms with Crippen LogP contribution < -0.4 is 10.4 Å². The highest BCUT2D eigenvalue weighted by Gasteiger charge is 2.32. The molecule has 13 heteroatoms. The van der Waals surface area contributed by atoms with Crippen LogP contribution in [0.4, 0.5) is 13.2 Å². The number of fused-ring (bicyclic) bond motifs is 1. The van der Waals surface area contributed by atoms with Gasteiger partial charge in [-0.05, 0) is 63.6 Å². The maximum Gasteiger partial charge on any atom is 0.573 e. The lowest BCUT2D eigenvalue weighted by atomic mass is 10.2. The standard InChI is InChI=1S/C27H29F3N6O4/c1-26(2,3)40-24(37)21-14-32-22(33(21)4)16-34-13-11-18(15-34)36-23-20(6-5-12-31-23)35(25(36)38)17-7-9-19(10-8-17)39-27(28,29)30/h5-10,12,14,18H,11,13,15-16H2,1-4H3/t18-/m0/s1. The summed E-state index contributed by atoms with van der Waals surface area (Å²) in [6, 6.07) is 8.42. The van der Waals surface area contributed by atoms with Crippen molar-refractivity contribution >= 4 is 17.1 Å². The number of aromatic nitrogens is 5. The Hall–Kier alpha value is -4.13. The summed E-state index contributed by atoms with van der Waals surface area (Å²) < 4.78 is 52.0. The Bertz CT molecular complexity index is 1600. The van der Waals surface area contributed by atoms with Gasteiger partial charge < -0.3 is 14.0 Å². The summed E-state index contributed by atoms with van der Waals surface area (Å²) in [7, 11) is 1.77. The first kappa shape index (κ1) is 27.4. The fraction of sp³-hybridized carbons (Fsp3) is 0.407. The van der Waals surface area contributed by atoms with E-state index in [4.69, 9.17) is 4.74 Å². The largest absolute Gasteiger partial charge is 0.573 e. The number of nitrogens with zero attached hydrogens (tertiary/aromatic N) is 6. The quantitative estimate of drug-likeness (QED) is 0.327. The number of likely N-dealkylation sites (tertiary alicyclic amines) is 1. The Labute approximate surface area is 227 Å². The monoisotopic (exact) mass is 558 g/mol. The van der Waals surface area contributed by atoms with Crippen LogP contribution in [0.2, 0.25) is 0 Å². The minimum absolute atomic E-state index is 0.190. The summed E-state index contributed by atoms with van der Waals surface area (Å²) in [6.07, 6.45) is -1.03. The molecule has 0 amide bonds. The van der Waals surface area contributed by atoms with Crippen molar-refractivity contribution in [3.05, 3.63) is 70.8 Å². The summed E-state index contributed by atoms with van der Waals surface area (Å²) in [5.74, 6) is -0.131. The zero-order valence-corrected chi connectivity index (χ0v) is 22.5. The fourth-order valence-corrected chi connectivity index (χ4v) is 4.91. The number of hydrogen-bond acceptors (Lipinski definition) is 7. The second-order valence-electron chi connectivity index (χ2n) is 10.7. The lowest BCUT2D eigenvalue weighted by molar-refractivity contribution is -0.274. The molecular formula is C27H29F3N6O4. The van der Waals surface area contributed by atoms with Gasteiger partial charge in [0, 0.05) is 26.3 Å². The molecule has 0 spiro atoms. The second kappa shape index (κ2) is 10.1. The number of alkyl halides is 3. The first-order valence-electron chi connectivity index (χ1n) is 12.7. The van der Waals surface area contributed by atoms with Crippen molar-refractivity contribution in [3.8, 4) is 11.4 Å². The summed E-state index contributed by atoms with van der Waals surface area (Å²) in [4.78, 5) is 37.2. The van der Waals surface area contributed by atoms with Gasteiger partial charge in [-0.15, -0.1) is 13.2 Å². The van der Waals surface area contributed by atoms with Gasteiger partial charge in [-0.3, -0.25) is 14.0 Å². The number of hydrogen-bond donors (Lipinski definition) is 0. The molecule has 1 aromatic carbocycles. The third kappa shape index (κ3) is 5.60. The van der Waals surface area contributed by atoms with Crippen molar-refractivity contribution in [2.45, 2.75) is 51.7 Å². The molecule has 0 aliphatic carbocycles. The summed E-state index contributed by atoms with van der Waals surface area (Å²) in [5.41, 5.74) is 0.822. The molecule has 40 heavy (non-hydrogen) atoms. The van der Waals surface area contributed by atoms with Gasteiger partial charge in [0.1, 0.15) is 22.9 Å². The molecule has 0 unspecified atom stereocenters. The minimum Gasteiger partial charge on any atom is -0.455 e. The van der Waals surface area contributed by atoms with Crippen LogP contribution in [0.25, 0.3) is 16.9 Å². The molecular weight excluding hydrogens is 529 g/mol. The SMILES string of the molecule is Cn1c(C(=O)OC(C)(C)C)cnc1CN1CC[C@H](n2c(=O)n(-c3ccc(OC(F)(F)F)cc3)c3cccnc32)C1. The smallest absolute Gasteiger partial charge is 0.455 e. The first-order valence-corrected chi connectivity index (χ1v) is 12.7. The molecule has 1 aliphatic heterocycles. The Morgan fingerprint density at radius 2 is 1.82 bits per heavy atom. The van der Waals surface area contributed by atoms with Gasteiger partial charge in [-0.1, -0.05) is 0 Å². The van der Waals surface area contributed by atoms with Gasteiger partial charge in [0.2, 0.25) is 0 Å². The zero-order valence-electron chi connectivity index (χ0n) is 22.5. The molecule has 4 aromatic rings. The number of imidazole rings is 2. The number of ether oxygens (including phenoxy) is 2. The highest BCUT2D eigenvalue weighted by atomic mass is 19.4. The van der Waals surface area contributed by atoms with Crippen LogP contribution in [0.15, 0.2) is 53.6 Å².